The van der Waals surface area contributed by atoms with Gasteiger partial charge in [-0.05, 0) is 19.8 Å². The van der Waals surface area contributed by atoms with Crippen molar-refractivity contribution in [3.63, 3.8) is 0 Å². The molecule has 0 unspecified atom stereocenters. The molecule has 2 aromatic heterocycles. The van der Waals surface area contributed by atoms with Gasteiger partial charge in [-0.3, -0.25) is 0 Å². The minimum atomic E-state index is 0.356. The molecule has 3 rings (SSSR count). The summed E-state index contributed by atoms with van der Waals surface area (Å²) in [7, 11) is 0. The Kier molecular flexibility index (Phi) is 3.79. The van der Waals surface area contributed by atoms with Gasteiger partial charge >= 0.3 is 6.08 Å². The van der Waals surface area contributed by atoms with E-state index < -0.39 is 0 Å². The second kappa shape index (κ2) is 5.71. The summed E-state index contributed by atoms with van der Waals surface area (Å²) in [6.45, 7) is 3.34. The lowest BCUT2D eigenvalue weighted by molar-refractivity contribution is 0.233. The minimum absolute atomic E-state index is 0.356. The van der Waals surface area contributed by atoms with Gasteiger partial charge in [0.05, 0.1) is 23.5 Å². The number of rotatable bonds is 7. The van der Waals surface area contributed by atoms with Crippen molar-refractivity contribution in [3.8, 4) is 6.08 Å². The summed E-state index contributed by atoms with van der Waals surface area (Å²) in [6, 6.07) is 0.676. The highest BCUT2D eigenvalue weighted by molar-refractivity contribution is 7.09. The lowest BCUT2D eigenvalue weighted by Gasteiger charge is -2.00. The number of aromatic nitrogens is 2. The molecule has 1 fully saturated rings. The summed E-state index contributed by atoms with van der Waals surface area (Å²) in [5.41, 5.74) is 3.84. The minimum Gasteiger partial charge on any atom is -0.450 e. The zero-order valence-corrected chi connectivity index (χ0v) is 11.7. The first kappa shape index (κ1) is 12.6. The van der Waals surface area contributed by atoms with E-state index >= 15 is 0 Å². The molecule has 1 aliphatic rings. The fraction of sp³-hybridized carbons (Fsp3) is 0.538. The van der Waals surface area contributed by atoms with E-state index in [9.17, 15) is 0 Å². The average Bonchev–Trinajstić information content (AvgIpc) is 2.99. The van der Waals surface area contributed by atoms with Crippen LogP contribution in [0.5, 0.6) is 6.08 Å². The number of thiazole rings is 1. The average molecular weight is 279 g/mol. The van der Waals surface area contributed by atoms with Crippen LogP contribution < -0.4 is 10.1 Å². The third-order valence-electron chi connectivity index (χ3n) is 3.08. The molecular formula is C13H17N3O2S. The normalized spacial score (nSPS) is 14.8. The van der Waals surface area contributed by atoms with Gasteiger partial charge in [-0.25, -0.2) is 4.98 Å². The number of oxazole rings is 1. The Morgan fingerprint density at radius 3 is 3.16 bits per heavy atom. The Morgan fingerprint density at radius 2 is 2.42 bits per heavy atom. The van der Waals surface area contributed by atoms with E-state index in [1.165, 1.54) is 17.7 Å². The maximum Gasteiger partial charge on any atom is 0.393 e. The monoisotopic (exact) mass is 279 g/mol. The molecular weight excluding hydrogens is 262 g/mol. The Labute approximate surface area is 116 Å². The molecule has 0 radical (unpaired) electrons. The van der Waals surface area contributed by atoms with Gasteiger partial charge in [0.15, 0.2) is 0 Å². The third-order valence-corrected chi connectivity index (χ3v) is 4.07. The number of hydrogen-bond donors (Lipinski definition) is 1. The van der Waals surface area contributed by atoms with Crippen molar-refractivity contribution < 1.29 is 9.15 Å². The number of ether oxygens (including phenoxy) is 1. The second-order valence-corrected chi connectivity index (χ2v) is 5.66. The largest absolute Gasteiger partial charge is 0.450 e. The van der Waals surface area contributed by atoms with Crippen LogP contribution in [-0.2, 0) is 13.0 Å². The van der Waals surface area contributed by atoms with Crippen LogP contribution in [0.4, 0.5) is 0 Å². The molecule has 5 nitrogen and oxygen atoms in total. The Hall–Kier alpha value is -1.40. The van der Waals surface area contributed by atoms with Crippen molar-refractivity contribution >= 4 is 11.3 Å². The summed E-state index contributed by atoms with van der Waals surface area (Å²) in [6.07, 6.45) is 5.40. The predicted octanol–water partition coefficient (Wildman–Crippen LogP) is 2.31. The highest BCUT2D eigenvalue weighted by atomic mass is 32.1. The highest BCUT2D eigenvalue weighted by Gasteiger charge is 2.20. The molecule has 19 heavy (non-hydrogen) atoms. The third kappa shape index (κ3) is 3.54. The maximum atomic E-state index is 5.51. The standard InChI is InChI=1S/C13H17N3O2S/c1-9-12(19-8-15-9)4-5-17-13-16-11(7-18-13)6-14-10-2-3-10/h7-8,10,14H,2-6H2,1H3. The topological polar surface area (TPSA) is 60.2 Å². The quantitative estimate of drug-likeness (QED) is 0.842. The molecule has 0 atom stereocenters. The van der Waals surface area contributed by atoms with Crippen molar-refractivity contribution in [3.05, 3.63) is 28.0 Å². The molecule has 2 aromatic rings. The van der Waals surface area contributed by atoms with Crippen molar-refractivity contribution in [2.24, 2.45) is 0 Å². The van der Waals surface area contributed by atoms with Gasteiger partial charge in [-0.2, -0.15) is 4.98 Å². The van der Waals surface area contributed by atoms with E-state index in [1.807, 2.05) is 12.4 Å². The van der Waals surface area contributed by atoms with Crippen molar-refractivity contribution in [2.75, 3.05) is 6.61 Å². The molecule has 1 aliphatic carbocycles. The van der Waals surface area contributed by atoms with Crippen molar-refractivity contribution in [2.45, 2.75) is 38.8 Å². The van der Waals surface area contributed by atoms with Crippen LogP contribution in [0.1, 0.15) is 29.1 Å². The predicted molar refractivity (Wildman–Crippen MR) is 72.4 cm³/mol. The van der Waals surface area contributed by atoms with Gasteiger partial charge in [0.2, 0.25) is 0 Å². The SMILES string of the molecule is Cc1ncsc1CCOc1nc(CNC2CC2)co1. The smallest absolute Gasteiger partial charge is 0.393 e. The van der Waals surface area contributed by atoms with Gasteiger partial charge in [0, 0.05) is 23.9 Å². The fourth-order valence-corrected chi connectivity index (χ4v) is 2.53. The number of hydrogen-bond acceptors (Lipinski definition) is 6. The van der Waals surface area contributed by atoms with Gasteiger partial charge in [0.1, 0.15) is 6.26 Å². The summed E-state index contributed by atoms with van der Waals surface area (Å²) in [4.78, 5) is 9.75. The zero-order chi connectivity index (χ0) is 13.1. The number of nitrogens with one attached hydrogen (secondary N) is 1. The van der Waals surface area contributed by atoms with Crippen LogP contribution in [0, 0.1) is 6.92 Å². The zero-order valence-electron chi connectivity index (χ0n) is 10.9. The van der Waals surface area contributed by atoms with Gasteiger partial charge in [-0.1, -0.05) is 0 Å². The van der Waals surface area contributed by atoms with E-state index in [1.54, 1.807) is 17.6 Å². The van der Waals surface area contributed by atoms with Crippen LogP contribution in [0.2, 0.25) is 0 Å². The summed E-state index contributed by atoms with van der Waals surface area (Å²) in [5, 5.41) is 3.39. The molecule has 0 aromatic carbocycles. The number of aryl methyl sites for hydroxylation is 1. The first-order valence-corrected chi connectivity index (χ1v) is 7.39. The molecule has 0 saturated heterocycles. The molecule has 6 heteroatoms. The molecule has 102 valence electrons. The van der Waals surface area contributed by atoms with Gasteiger partial charge in [-0.15, -0.1) is 11.3 Å². The Bertz CT molecular complexity index is 533. The van der Waals surface area contributed by atoms with Crippen molar-refractivity contribution in [1.29, 1.82) is 0 Å². The molecule has 2 heterocycles. The van der Waals surface area contributed by atoms with Crippen LogP contribution in [0.15, 0.2) is 16.2 Å². The van der Waals surface area contributed by atoms with E-state index in [0.29, 0.717) is 18.7 Å². The van der Waals surface area contributed by atoms with E-state index in [0.717, 1.165) is 24.4 Å². The van der Waals surface area contributed by atoms with E-state index in [-0.39, 0.29) is 0 Å². The van der Waals surface area contributed by atoms with Gasteiger partial charge < -0.3 is 14.5 Å². The molecule has 0 aliphatic heterocycles. The van der Waals surface area contributed by atoms with Crippen molar-refractivity contribution in [1.82, 2.24) is 15.3 Å². The Balaban J connectivity index is 1.43. The molecule has 1 saturated carbocycles. The molecule has 1 N–H and O–H groups in total. The summed E-state index contributed by atoms with van der Waals surface area (Å²) in [5.74, 6) is 0. The first-order valence-electron chi connectivity index (χ1n) is 6.51. The lowest BCUT2D eigenvalue weighted by Crippen LogP contribution is -2.15. The Morgan fingerprint density at radius 1 is 1.53 bits per heavy atom. The van der Waals surface area contributed by atoms with Crippen LogP contribution >= 0.6 is 11.3 Å². The van der Waals surface area contributed by atoms with Crippen LogP contribution in [0.25, 0.3) is 0 Å². The summed E-state index contributed by atoms with van der Waals surface area (Å²) < 4.78 is 10.8. The van der Waals surface area contributed by atoms with Gasteiger partial charge in [0.25, 0.3) is 0 Å². The maximum absolute atomic E-state index is 5.51. The molecule has 0 spiro atoms. The number of nitrogens with zero attached hydrogens (tertiary/aromatic N) is 2. The lowest BCUT2D eigenvalue weighted by atomic mass is 10.3. The highest BCUT2D eigenvalue weighted by Crippen LogP contribution is 2.20. The van der Waals surface area contributed by atoms with E-state index in [2.05, 4.69) is 15.3 Å². The van der Waals surface area contributed by atoms with Crippen LogP contribution in [-0.4, -0.2) is 22.6 Å². The molecule has 0 amide bonds. The summed E-state index contributed by atoms with van der Waals surface area (Å²) >= 11 is 1.66. The van der Waals surface area contributed by atoms with E-state index in [4.69, 9.17) is 9.15 Å². The first-order chi connectivity index (χ1) is 9.31. The van der Waals surface area contributed by atoms with Crippen LogP contribution in [0.3, 0.4) is 0 Å². The molecule has 0 bridgehead atoms. The fourth-order valence-electron chi connectivity index (χ4n) is 1.77. The second-order valence-electron chi connectivity index (χ2n) is 4.72.